The molecule has 2 atom stereocenters. The Hall–Kier alpha value is -1.13. The fourth-order valence-electron chi connectivity index (χ4n) is 1.18. The van der Waals surface area contributed by atoms with Gasteiger partial charge >= 0.3 is 5.97 Å². The molecule has 5 heteroatoms. The van der Waals surface area contributed by atoms with Crippen molar-refractivity contribution in [2.75, 3.05) is 6.61 Å². The standard InChI is InChI=1S/C11H12ClFO3/c1-2-16-11(15)9(13)10(14)7-3-5-8(12)6-4-7/h3-6,9-10,14H,2H2,1H3/t9-,10-/m0/s1. The minimum Gasteiger partial charge on any atom is -0.464 e. The number of benzene rings is 1. The van der Waals surface area contributed by atoms with Gasteiger partial charge in [0.25, 0.3) is 0 Å². The summed E-state index contributed by atoms with van der Waals surface area (Å²) in [7, 11) is 0. The van der Waals surface area contributed by atoms with E-state index in [1.165, 1.54) is 24.3 Å². The van der Waals surface area contributed by atoms with Gasteiger partial charge in [-0.2, -0.15) is 0 Å². The maximum Gasteiger partial charge on any atom is 0.343 e. The van der Waals surface area contributed by atoms with Crippen LogP contribution < -0.4 is 0 Å². The van der Waals surface area contributed by atoms with Crippen LogP contribution >= 0.6 is 11.6 Å². The number of aliphatic hydroxyl groups is 1. The Labute approximate surface area is 97.8 Å². The first kappa shape index (κ1) is 12.9. The zero-order valence-corrected chi connectivity index (χ0v) is 9.45. The van der Waals surface area contributed by atoms with E-state index in [4.69, 9.17) is 11.6 Å². The number of hydrogen-bond donors (Lipinski definition) is 1. The van der Waals surface area contributed by atoms with Gasteiger partial charge in [0.2, 0.25) is 6.17 Å². The fraction of sp³-hybridized carbons (Fsp3) is 0.364. The second-order valence-corrected chi connectivity index (χ2v) is 3.59. The van der Waals surface area contributed by atoms with Crippen molar-refractivity contribution in [3.63, 3.8) is 0 Å². The lowest BCUT2D eigenvalue weighted by Crippen LogP contribution is -2.26. The molecule has 0 radical (unpaired) electrons. The smallest absolute Gasteiger partial charge is 0.343 e. The van der Waals surface area contributed by atoms with E-state index in [2.05, 4.69) is 4.74 Å². The topological polar surface area (TPSA) is 46.5 Å². The van der Waals surface area contributed by atoms with E-state index in [9.17, 15) is 14.3 Å². The van der Waals surface area contributed by atoms with Gasteiger partial charge in [-0.1, -0.05) is 23.7 Å². The Morgan fingerprint density at radius 1 is 1.50 bits per heavy atom. The van der Waals surface area contributed by atoms with Gasteiger partial charge in [-0.3, -0.25) is 0 Å². The molecule has 1 rings (SSSR count). The summed E-state index contributed by atoms with van der Waals surface area (Å²) in [6.45, 7) is 1.64. The van der Waals surface area contributed by atoms with Gasteiger partial charge < -0.3 is 9.84 Å². The van der Waals surface area contributed by atoms with Gasteiger partial charge in [-0.15, -0.1) is 0 Å². The predicted octanol–water partition coefficient (Wildman–Crippen LogP) is 2.27. The van der Waals surface area contributed by atoms with Crippen LogP contribution in [0.25, 0.3) is 0 Å². The van der Waals surface area contributed by atoms with E-state index in [-0.39, 0.29) is 12.2 Å². The minimum atomic E-state index is -2.08. The number of alkyl halides is 1. The van der Waals surface area contributed by atoms with E-state index in [1.807, 2.05) is 0 Å². The number of halogens is 2. The second kappa shape index (κ2) is 5.82. The van der Waals surface area contributed by atoms with E-state index in [0.717, 1.165) is 0 Å². The van der Waals surface area contributed by atoms with Crippen LogP contribution in [0.1, 0.15) is 18.6 Å². The molecule has 0 saturated heterocycles. The largest absolute Gasteiger partial charge is 0.464 e. The number of ether oxygens (including phenoxy) is 1. The number of esters is 1. The molecule has 88 valence electrons. The number of hydrogen-bond acceptors (Lipinski definition) is 3. The molecular weight excluding hydrogens is 235 g/mol. The number of rotatable bonds is 4. The molecular formula is C11H12ClFO3. The first-order valence-corrected chi connectivity index (χ1v) is 5.18. The van der Waals surface area contributed by atoms with Crippen molar-refractivity contribution in [3.8, 4) is 0 Å². The Morgan fingerprint density at radius 2 is 2.06 bits per heavy atom. The van der Waals surface area contributed by atoms with Crippen LogP contribution in [0, 0.1) is 0 Å². The molecule has 3 nitrogen and oxygen atoms in total. The molecule has 1 aromatic carbocycles. The highest BCUT2D eigenvalue weighted by atomic mass is 35.5. The Kier molecular flexibility index (Phi) is 4.71. The number of carbonyl (C=O) groups is 1. The first-order chi connectivity index (χ1) is 7.56. The second-order valence-electron chi connectivity index (χ2n) is 3.15. The molecule has 0 aromatic heterocycles. The molecule has 0 saturated carbocycles. The van der Waals surface area contributed by atoms with Crippen LogP contribution in [0.3, 0.4) is 0 Å². The van der Waals surface area contributed by atoms with E-state index >= 15 is 0 Å². The van der Waals surface area contributed by atoms with Crippen LogP contribution in [0.4, 0.5) is 4.39 Å². The van der Waals surface area contributed by atoms with Crippen molar-refractivity contribution in [1.29, 1.82) is 0 Å². The Bertz CT molecular complexity index is 353. The molecule has 0 aliphatic carbocycles. The van der Waals surface area contributed by atoms with Gasteiger partial charge in [0.15, 0.2) is 0 Å². The van der Waals surface area contributed by atoms with E-state index < -0.39 is 18.2 Å². The van der Waals surface area contributed by atoms with Crippen molar-refractivity contribution in [1.82, 2.24) is 0 Å². The summed E-state index contributed by atoms with van der Waals surface area (Å²) in [6.07, 6.45) is -3.61. The lowest BCUT2D eigenvalue weighted by molar-refractivity contribution is -0.153. The SMILES string of the molecule is CCOC(=O)[C@@H](F)[C@@H](O)c1ccc(Cl)cc1. The maximum atomic E-state index is 13.4. The number of aliphatic hydroxyl groups excluding tert-OH is 1. The Balaban J connectivity index is 2.73. The zero-order chi connectivity index (χ0) is 12.1. The summed E-state index contributed by atoms with van der Waals surface area (Å²) >= 11 is 5.64. The highest BCUT2D eigenvalue weighted by Crippen LogP contribution is 2.22. The van der Waals surface area contributed by atoms with Gasteiger partial charge in [0.1, 0.15) is 6.10 Å². The molecule has 0 aliphatic rings. The molecule has 0 aliphatic heterocycles. The third-order valence-electron chi connectivity index (χ3n) is 2.00. The van der Waals surface area contributed by atoms with Crippen molar-refractivity contribution >= 4 is 17.6 Å². The lowest BCUT2D eigenvalue weighted by Gasteiger charge is -2.14. The summed E-state index contributed by atoms with van der Waals surface area (Å²) in [5.41, 5.74) is 0.282. The summed E-state index contributed by atoms with van der Waals surface area (Å²) in [6, 6.07) is 5.94. The predicted molar refractivity (Wildman–Crippen MR) is 57.9 cm³/mol. The quantitative estimate of drug-likeness (QED) is 0.829. The summed E-state index contributed by atoms with van der Waals surface area (Å²) in [5, 5.41) is 10.0. The monoisotopic (exact) mass is 246 g/mol. The average Bonchev–Trinajstić information content (AvgIpc) is 2.28. The molecule has 0 unspecified atom stereocenters. The molecule has 0 fully saturated rings. The third kappa shape index (κ3) is 3.18. The minimum absolute atomic E-state index is 0.0760. The highest BCUT2D eigenvalue weighted by molar-refractivity contribution is 6.30. The van der Waals surface area contributed by atoms with Crippen LogP contribution in [-0.4, -0.2) is 23.9 Å². The van der Waals surface area contributed by atoms with Crippen LogP contribution in [0.5, 0.6) is 0 Å². The molecule has 0 spiro atoms. The summed E-state index contributed by atoms with van der Waals surface area (Å²) in [5.74, 6) is -1.06. The van der Waals surface area contributed by atoms with Crippen molar-refractivity contribution in [2.45, 2.75) is 19.2 Å². The first-order valence-electron chi connectivity index (χ1n) is 4.80. The molecule has 0 bridgehead atoms. The molecule has 0 heterocycles. The lowest BCUT2D eigenvalue weighted by atomic mass is 10.1. The highest BCUT2D eigenvalue weighted by Gasteiger charge is 2.28. The normalized spacial score (nSPS) is 14.2. The van der Waals surface area contributed by atoms with Crippen LogP contribution in [0.15, 0.2) is 24.3 Å². The molecule has 1 N–H and O–H groups in total. The van der Waals surface area contributed by atoms with Crippen molar-refractivity contribution < 1.29 is 19.0 Å². The fourth-order valence-corrected chi connectivity index (χ4v) is 1.31. The molecule has 16 heavy (non-hydrogen) atoms. The van der Waals surface area contributed by atoms with E-state index in [0.29, 0.717) is 5.02 Å². The summed E-state index contributed by atoms with van der Waals surface area (Å²) < 4.78 is 17.9. The van der Waals surface area contributed by atoms with Gasteiger partial charge in [0.05, 0.1) is 6.61 Å². The van der Waals surface area contributed by atoms with Crippen LogP contribution in [-0.2, 0) is 9.53 Å². The molecule has 0 amide bonds. The number of carbonyl (C=O) groups excluding carboxylic acids is 1. The third-order valence-corrected chi connectivity index (χ3v) is 2.25. The Morgan fingerprint density at radius 3 is 2.56 bits per heavy atom. The van der Waals surface area contributed by atoms with Crippen molar-refractivity contribution in [3.05, 3.63) is 34.9 Å². The van der Waals surface area contributed by atoms with Gasteiger partial charge in [-0.05, 0) is 24.6 Å². The van der Waals surface area contributed by atoms with Crippen LogP contribution in [0.2, 0.25) is 5.02 Å². The van der Waals surface area contributed by atoms with Gasteiger partial charge in [-0.25, -0.2) is 9.18 Å². The summed E-state index contributed by atoms with van der Waals surface area (Å²) in [4.78, 5) is 11.0. The van der Waals surface area contributed by atoms with Crippen molar-refractivity contribution in [2.24, 2.45) is 0 Å². The zero-order valence-electron chi connectivity index (χ0n) is 8.69. The van der Waals surface area contributed by atoms with Gasteiger partial charge in [0, 0.05) is 5.02 Å². The van der Waals surface area contributed by atoms with E-state index in [1.54, 1.807) is 6.92 Å². The molecule has 1 aromatic rings. The maximum absolute atomic E-state index is 13.4. The average molecular weight is 247 g/mol.